The zero-order valence-electron chi connectivity index (χ0n) is 11.1. The first kappa shape index (κ1) is 14.4. The van der Waals surface area contributed by atoms with Gasteiger partial charge in [0, 0.05) is 5.69 Å². The van der Waals surface area contributed by atoms with Gasteiger partial charge < -0.3 is 15.4 Å². The standard InChI is InChI=1S/C15H10N2O3S2/c18-13(9-3-1-2-4-10(9)14(19)20)16-8-5-6-11-12(7-8)22-15(21)17-11/h1-7H,(H,16,18)(H,17,21)(H,19,20). The number of hydrogen-bond donors (Lipinski definition) is 3. The first-order valence-electron chi connectivity index (χ1n) is 6.31. The molecule has 7 heteroatoms. The maximum atomic E-state index is 12.3. The molecular formula is C15H10N2O3S2. The summed E-state index contributed by atoms with van der Waals surface area (Å²) in [6.07, 6.45) is 0. The fraction of sp³-hybridized carbons (Fsp3) is 0. The smallest absolute Gasteiger partial charge is 0.336 e. The van der Waals surface area contributed by atoms with Crippen molar-refractivity contribution in [1.82, 2.24) is 4.98 Å². The summed E-state index contributed by atoms with van der Waals surface area (Å²) in [5.41, 5.74) is 1.58. The van der Waals surface area contributed by atoms with Crippen LogP contribution in [0.2, 0.25) is 0 Å². The van der Waals surface area contributed by atoms with E-state index in [0.717, 1.165) is 10.2 Å². The molecule has 1 amide bonds. The molecule has 0 spiro atoms. The molecule has 0 fully saturated rings. The number of carbonyl (C=O) groups is 2. The van der Waals surface area contributed by atoms with Crippen molar-refractivity contribution < 1.29 is 14.7 Å². The average Bonchev–Trinajstić information content (AvgIpc) is 2.86. The SMILES string of the molecule is O=C(O)c1ccccc1C(=O)Nc1ccc2[nH]c(=S)sc2c1. The van der Waals surface area contributed by atoms with E-state index in [1.54, 1.807) is 24.3 Å². The number of nitrogens with one attached hydrogen (secondary N) is 2. The second-order valence-electron chi connectivity index (χ2n) is 4.53. The van der Waals surface area contributed by atoms with E-state index in [0.29, 0.717) is 9.64 Å². The Bertz CT molecular complexity index is 943. The molecule has 0 aliphatic heterocycles. The highest BCUT2D eigenvalue weighted by molar-refractivity contribution is 7.73. The summed E-state index contributed by atoms with van der Waals surface area (Å²) in [5.74, 6) is -1.60. The molecule has 22 heavy (non-hydrogen) atoms. The van der Waals surface area contributed by atoms with Crippen LogP contribution in [0.4, 0.5) is 5.69 Å². The van der Waals surface area contributed by atoms with Crippen LogP contribution < -0.4 is 5.32 Å². The Kier molecular flexibility index (Phi) is 3.74. The minimum absolute atomic E-state index is 0.0293. The predicted octanol–water partition coefficient (Wildman–Crippen LogP) is 3.91. The number of amides is 1. The lowest BCUT2D eigenvalue weighted by atomic mass is 10.1. The zero-order valence-corrected chi connectivity index (χ0v) is 12.8. The Morgan fingerprint density at radius 2 is 1.86 bits per heavy atom. The van der Waals surface area contributed by atoms with Crippen molar-refractivity contribution in [2.45, 2.75) is 0 Å². The summed E-state index contributed by atoms with van der Waals surface area (Å²) < 4.78 is 1.59. The number of aromatic carboxylic acids is 1. The first-order chi connectivity index (χ1) is 10.5. The van der Waals surface area contributed by atoms with Crippen molar-refractivity contribution >= 4 is 51.3 Å². The molecule has 3 rings (SSSR count). The van der Waals surface area contributed by atoms with Gasteiger partial charge in [-0.05, 0) is 42.5 Å². The van der Waals surface area contributed by atoms with E-state index in [1.807, 2.05) is 6.07 Å². The molecule has 1 aromatic heterocycles. The van der Waals surface area contributed by atoms with E-state index in [1.165, 1.54) is 23.5 Å². The Morgan fingerprint density at radius 3 is 2.59 bits per heavy atom. The molecule has 0 aliphatic carbocycles. The van der Waals surface area contributed by atoms with Crippen LogP contribution in [0.15, 0.2) is 42.5 Å². The van der Waals surface area contributed by atoms with Crippen LogP contribution >= 0.6 is 23.6 Å². The molecule has 0 atom stereocenters. The normalized spacial score (nSPS) is 10.5. The van der Waals surface area contributed by atoms with Gasteiger partial charge in [-0.2, -0.15) is 0 Å². The Balaban J connectivity index is 1.93. The lowest BCUT2D eigenvalue weighted by Crippen LogP contribution is -2.16. The number of fused-ring (bicyclic) bond motifs is 1. The van der Waals surface area contributed by atoms with Gasteiger partial charge in [-0.25, -0.2) is 4.79 Å². The summed E-state index contributed by atoms with van der Waals surface area (Å²) >= 11 is 6.49. The molecule has 0 saturated heterocycles. The topological polar surface area (TPSA) is 82.2 Å². The van der Waals surface area contributed by atoms with Crippen molar-refractivity contribution in [2.24, 2.45) is 0 Å². The van der Waals surface area contributed by atoms with Crippen LogP contribution in [0.5, 0.6) is 0 Å². The molecule has 1 heterocycles. The number of hydrogen-bond acceptors (Lipinski definition) is 4. The number of carbonyl (C=O) groups excluding carboxylic acids is 1. The lowest BCUT2D eigenvalue weighted by Gasteiger charge is -2.07. The average molecular weight is 330 g/mol. The van der Waals surface area contributed by atoms with Crippen molar-refractivity contribution in [3.05, 3.63) is 57.5 Å². The van der Waals surface area contributed by atoms with E-state index >= 15 is 0 Å². The van der Waals surface area contributed by atoms with Crippen LogP contribution in [0.3, 0.4) is 0 Å². The number of H-pyrrole nitrogens is 1. The number of aromatic amines is 1. The van der Waals surface area contributed by atoms with Gasteiger partial charge in [0.15, 0.2) is 3.95 Å². The van der Waals surface area contributed by atoms with Gasteiger partial charge in [-0.1, -0.05) is 12.1 Å². The Morgan fingerprint density at radius 1 is 1.14 bits per heavy atom. The Hall–Kier alpha value is -2.51. The molecule has 0 bridgehead atoms. The number of carboxylic acid groups (broad SMARTS) is 1. The molecular weight excluding hydrogens is 320 g/mol. The largest absolute Gasteiger partial charge is 0.478 e. The van der Waals surface area contributed by atoms with Gasteiger partial charge in [0.05, 0.1) is 21.3 Å². The zero-order chi connectivity index (χ0) is 15.7. The molecule has 0 aliphatic rings. The highest BCUT2D eigenvalue weighted by atomic mass is 32.1. The van der Waals surface area contributed by atoms with Crippen molar-refractivity contribution in [3.8, 4) is 0 Å². The van der Waals surface area contributed by atoms with Gasteiger partial charge in [-0.3, -0.25) is 4.79 Å². The molecule has 5 nitrogen and oxygen atoms in total. The second-order valence-corrected chi connectivity index (χ2v) is 6.25. The van der Waals surface area contributed by atoms with Crippen molar-refractivity contribution in [3.63, 3.8) is 0 Å². The summed E-state index contributed by atoms with van der Waals surface area (Å²) in [6, 6.07) is 11.5. The number of thiazole rings is 1. The van der Waals surface area contributed by atoms with E-state index in [4.69, 9.17) is 17.3 Å². The quantitative estimate of drug-likeness (QED) is 0.636. The molecule has 3 N–H and O–H groups in total. The minimum Gasteiger partial charge on any atom is -0.478 e. The van der Waals surface area contributed by atoms with Crippen LogP contribution in [-0.2, 0) is 0 Å². The van der Waals surface area contributed by atoms with E-state index < -0.39 is 11.9 Å². The summed E-state index contributed by atoms with van der Waals surface area (Å²) in [6.45, 7) is 0. The number of carboxylic acids is 1. The van der Waals surface area contributed by atoms with Crippen LogP contribution in [-0.4, -0.2) is 22.0 Å². The summed E-state index contributed by atoms with van der Waals surface area (Å²) in [5, 5.41) is 11.8. The number of anilines is 1. The fourth-order valence-corrected chi connectivity index (χ4v) is 3.24. The van der Waals surface area contributed by atoms with Gasteiger partial charge in [0.1, 0.15) is 0 Å². The summed E-state index contributed by atoms with van der Waals surface area (Å²) in [4.78, 5) is 26.5. The molecule has 3 aromatic rings. The van der Waals surface area contributed by atoms with Crippen molar-refractivity contribution in [1.29, 1.82) is 0 Å². The molecule has 110 valence electrons. The second kappa shape index (κ2) is 5.70. The van der Waals surface area contributed by atoms with Gasteiger partial charge >= 0.3 is 5.97 Å². The maximum absolute atomic E-state index is 12.3. The van der Waals surface area contributed by atoms with Crippen molar-refractivity contribution in [2.75, 3.05) is 5.32 Å². The van der Waals surface area contributed by atoms with Gasteiger partial charge in [0.25, 0.3) is 5.91 Å². The van der Waals surface area contributed by atoms with E-state index in [9.17, 15) is 9.59 Å². The molecule has 0 saturated carbocycles. The predicted molar refractivity (Wildman–Crippen MR) is 88.4 cm³/mol. The molecule has 0 radical (unpaired) electrons. The maximum Gasteiger partial charge on any atom is 0.336 e. The monoisotopic (exact) mass is 330 g/mol. The fourth-order valence-electron chi connectivity index (χ4n) is 2.09. The number of aromatic nitrogens is 1. The van der Waals surface area contributed by atoms with Crippen LogP contribution in [0, 0.1) is 3.95 Å². The third-order valence-corrected chi connectivity index (χ3v) is 4.28. The van der Waals surface area contributed by atoms with Gasteiger partial charge in [0.2, 0.25) is 0 Å². The molecule has 2 aromatic carbocycles. The number of benzene rings is 2. The lowest BCUT2D eigenvalue weighted by molar-refractivity contribution is 0.0692. The van der Waals surface area contributed by atoms with Crippen LogP contribution in [0.1, 0.15) is 20.7 Å². The summed E-state index contributed by atoms with van der Waals surface area (Å²) in [7, 11) is 0. The Labute approximate surface area is 134 Å². The third kappa shape index (κ3) is 2.76. The van der Waals surface area contributed by atoms with Gasteiger partial charge in [-0.15, -0.1) is 11.3 Å². The minimum atomic E-state index is -1.13. The molecule has 0 unspecified atom stereocenters. The third-order valence-electron chi connectivity index (χ3n) is 3.08. The highest BCUT2D eigenvalue weighted by Crippen LogP contribution is 2.23. The number of rotatable bonds is 3. The van der Waals surface area contributed by atoms with Crippen LogP contribution in [0.25, 0.3) is 10.2 Å². The van der Waals surface area contributed by atoms with E-state index in [-0.39, 0.29) is 11.1 Å². The first-order valence-corrected chi connectivity index (χ1v) is 7.53. The highest BCUT2D eigenvalue weighted by Gasteiger charge is 2.15. The van der Waals surface area contributed by atoms with E-state index in [2.05, 4.69) is 10.3 Å².